The van der Waals surface area contributed by atoms with Gasteiger partial charge in [-0.1, -0.05) is 17.2 Å². The highest BCUT2D eigenvalue weighted by molar-refractivity contribution is 5.68. The average Bonchev–Trinajstić information content (AvgIpc) is 2.40. The second-order valence-electron chi connectivity index (χ2n) is 5.74. The molecule has 0 aliphatic rings. The average molecular weight is 330 g/mol. The molecule has 1 N–H and O–H groups in total. The molecule has 1 atom stereocenters. The number of azide groups is 1. The lowest BCUT2D eigenvalue weighted by molar-refractivity contribution is -0.137. The van der Waals surface area contributed by atoms with Crippen LogP contribution in [0.15, 0.2) is 29.4 Å². The summed E-state index contributed by atoms with van der Waals surface area (Å²) in [5.74, 6) is 0. The van der Waals surface area contributed by atoms with E-state index in [1.165, 1.54) is 12.1 Å². The Morgan fingerprint density at radius 3 is 2.57 bits per heavy atom. The van der Waals surface area contributed by atoms with Gasteiger partial charge in [-0.25, -0.2) is 4.79 Å². The molecular formula is C14H17F3N4O2. The first-order valence-electron chi connectivity index (χ1n) is 6.70. The molecule has 0 fully saturated rings. The van der Waals surface area contributed by atoms with Gasteiger partial charge in [-0.15, -0.1) is 0 Å². The highest BCUT2D eigenvalue weighted by atomic mass is 19.4. The van der Waals surface area contributed by atoms with Crippen molar-refractivity contribution in [2.45, 2.75) is 38.6 Å². The summed E-state index contributed by atoms with van der Waals surface area (Å²) in [6, 6.07) is 3.52. The standard InChI is InChI=1S/C14H17F3N4O2/c1-13(2,3)23-12(22)20-11(8-19-21-18)9-5-4-6-10(7-9)14(15,16)17/h4-7,11H,8H2,1-3H3,(H,20,22)/t11-/m0/s1. The predicted octanol–water partition coefficient (Wildman–Crippen LogP) is 4.58. The summed E-state index contributed by atoms with van der Waals surface area (Å²) in [7, 11) is 0. The number of nitrogens with one attached hydrogen (secondary N) is 1. The Hall–Kier alpha value is -2.41. The number of carbonyl (C=O) groups is 1. The summed E-state index contributed by atoms with van der Waals surface area (Å²) in [5, 5.41) is 5.73. The van der Waals surface area contributed by atoms with Crippen molar-refractivity contribution in [1.29, 1.82) is 0 Å². The van der Waals surface area contributed by atoms with Gasteiger partial charge < -0.3 is 10.1 Å². The number of hydrogen-bond acceptors (Lipinski definition) is 3. The molecule has 6 nitrogen and oxygen atoms in total. The third-order valence-corrected chi connectivity index (χ3v) is 2.63. The number of hydrogen-bond donors (Lipinski definition) is 1. The van der Waals surface area contributed by atoms with E-state index < -0.39 is 29.5 Å². The third kappa shape index (κ3) is 6.48. The number of alkyl carbamates (subject to hydrolysis) is 1. The molecule has 1 aromatic carbocycles. The van der Waals surface area contributed by atoms with Crippen LogP contribution in [0, 0.1) is 0 Å². The predicted molar refractivity (Wildman–Crippen MR) is 77.6 cm³/mol. The Morgan fingerprint density at radius 1 is 1.39 bits per heavy atom. The van der Waals surface area contributed by atoms with E-state index in [-0.39, 0.29) is 12.1 Å². The van der Waals surface area contributed by atoms with E-state index in [2.05, 4.69) is 15.3 Å². The van der Waals surface area contributed by atoms with Gasteiger partial charge in [0.25, 0.3) is 0 Å². The highest BCUT2D eigenvalue weighted by Crippen LogP contribution is 2.31. The first kappa shape index (κ1) is 18.6. The van der Waals surface area contributed by atoms with Crippen LogP contribution in [0.5, 0.6) is 0 Å². The summed E-state index contributed by atoms with van der Waals surface area (Å²) in [6.07, 6.45) is -5.32. The molecule has 1 amide bonds. The molecular weight excluding hydrogens is 313 g/mol. The fourth-order valence-corrected chi connectivity index (χ4v) is 1.73. The van der Waals surface area contributed by atoms with E-state index in [1.807, 2.05) is 0 Å². The van der Waals surface area contributed by atoms with Crippen molar-refractivity contribution in [3.8, 4) is 0 Å². The molecule has 126 valence electrons. The summed E-state index contributed by atoms with van der Waals surface area (Å²) in [6.45, 7) is 4.72. The van der Waals surface area contributed by atoms with E-state index in [0.29, 0.717) is 0 Å². The van der Waals surface area contributed by atoms with Crippen LogP contribution in [0.3, 0.4) is 0 Å². The molecule has 0 radical (unpaired) electrons. The van der Waals surface area contributed by atoms with Gasteiger partial charge in [0.2, 0.25) is 0 Å². The van der Waals surface area contributed by atoms with Crippen molar-refractivity contribution in [3.63, 3.8) is 0 Å². The molecule has 0 saturated heterocycles. The number of nitrogens with zero attached hydrogens (tertiary/aromatic N) is 3. The third-order valence-electron chi connectivity index (χ3n) is 2.63. The fraction of sp³-hybridized carbons (Fsp3) is 0.500. The molecule has 0 spiro atoms. The Kier molecular flexibility index (Phi) is 5.86. The number of benzene rings is 1. The van der Waals surface area contributed by atoms with E-state index in [0.717, 1.165) is 12.1 Å². The molecule has 9 heteroatoms. The van der Waals surface area contributed by atoms with Crippen molar-refractivity contribution in [1.82, 2.24) is 5.32 Å². The molecule has 1 rings (SSSR count). The zero-order valence-electron chi connectivity index (χ0n) is 12.9. The van der Waals surface area contributed by atoms with Crippen LogP contribution in [0.4, 0.5) is 18.0 Å². The molecule has 0 aliphatic heterocycles. The number of amides is 1. The smallest absolute Gasteiger partial charge is 0.416 e. The van der Waals surface area contributed by atoms with Gasteiger partial charge in [-0.3, -0.25) is 0 Å². The summed E-state index contributed by atoms with van der Waals surface area (Å²) >= 11 is 0. The largest absolute Gasteiger partial charge is 0.444 e. The maximum Gasteiger partial charge on any atom is 0.416 e. The minimum absolute atomic E-state index is 0.165. The highest BCUT2D eigenvalue weighted by Gasteiger charge is 2.31. The number of ether oxygens (including phenoxy) is 1. The zero-order chi connectivity index (χ0) is 17.7. The van der Waals surface area contributed by atoms with Crippen molar-refractivity contribution in [3.05, 3.63) is 45.8 Å². The molecule has 0 aliphatic carbocycles. The topological polar surface area (TPSA) is 87.1 Å². The summed E-state index contributed by atoms with van der Waals surface area (Å²) in [4.78, 5) is 14.4. The van der Waals surface area contributed by atoms with Crippen molar-refractivity contribution < 1.29 is 22.7 Å². The summed E-state index contributed by atoms with van der Waals surface area (Å²) < 4.78 is 43.4. The Bertz CT molecular complexity index is 605. The van der Waals surface area contributed by atoms with Gasteiger partial charge >= 0.3 is 12.3 Å². The molecule has 0 aromatic heterocycles. The monoisotopic (exact) mass is 330 g/mol. The van der Waals surface area contributed by atoms with Crippen molar-refractivity contribution >= 4 is 6.09 Å². The molecule has 0 bridgehead atoms. The fourth-order valence-electron chi connectivity index (χ4n) is 1.73. The van der Waals surface area contributed by atoms with Crippen molar-refractivity contribution in [2.24, 2.45) is 5.11 Å². The van der Waals surface area contributed by atoms with Gasteiger partial charge in [-0.05, 0) is 44.0 Å². The summed E-state index contributed by atoms with van der Waals surface area (Å²) in [5.41, 5.74) is 6.95. The van der Waals surface area contributed by atoms with E-state index in [9.17, 15) is 18.0 Å². The minimum Gasteiger partial charge on any atom is -0.444 e. The molecule has 23 heavy (non-hydrogen) atoms. The van der Waals surface area contributed by atoms with Gasteiger partial charge in [0.15, 0.2) is 0 Å². The van der Waals surface area contributed by atoms with E-state index in [4.69, 9.17) is 10.3 Å². The van der Waals surface area contributed by atoms with Crippen molar-refractivity contribution in [2.75, 3.05) is 6.54 Å². The van der Waals surface area contributed by atoms with Gasteiger partial charge in [0.05, 0.1) is 18.2 Å². The first-order chi connectivity index (χ1) is 10.5. The SMILES string of the molecule is CC(C)(C)OC(=O)N[C@@H](CN=[N+]=[N-])c1cccc(C(F)(F)F)c1. The van der Waals surface area contributed by atoms with Crippen LogP contribution in [-0.4, -0.2) is 18.2 Å². The molecule has 0 saturated carbocycles. The normalized spacial score (nSPS) is 13.0. The second-order valence-corrected chi connectivity index (χ2v) is 5.74. The number of rotatable bonds is 4. The Balaban J connectivity index is 3.02. The van der Waals surface area contributed by atoms with Crippen LogP contribution in [-0.2, 0) is 10.9 Å². The van der Waals surface area contributed by atoms with Gasteiger partial charge in [-0.2, -0.15) is 13.2 Å². The molecule has 0 heterocycles. The number of alkyl halides is 3. The lowest BCUT2D eigenvalue weighted by Crippen LogP contribution is -2.36. The Morgan fingerprint density at radius 2 is 2.04 bits per heavy atom. The van der Waals surface area contributed by atoms with Crippen LogP contribution in [0.1, 0.15) is 37.9 Å². The van der Waals surface area contributed by atoms with Crippen LogP contribution < -0.4 is 5.32 Å². The molecule has 0 unspecified atom stereocenters. The zero-order valence-corrected chi connectivity index (χ0v) is 12.9. The first-order valence-corrected chi connectivity index (χ1v) is 6.70. The maximum atomic E-state index is 12.8. The number of carbonyl (C=O) groups excluding carboxylic acids is 1. The Labute approximate surface area is 131 Å². The quantitative estimate of drug-likeness (QED) is 0.497. The van der Waals surface area contributed by atoms with Gasteiger partial charge in [0, 0.05) is 4.91 Å². The second kappa shape index (κ2) is 7.23. The minimum atomic E-state index is -4.51. The lowest BCUT2D eigenvalue weighted by atomic mass is 10.0. The van der Waals surface area contributed by atoms with Crippen LogP contribution in [0.2, 0.25) is 0 Å². The van der Waals surface area contributed by atoms with Gasteiger partial charge in [0.1, 0.15) is 5.60 Å². The maximum absolute atomic E-state index is 12.8. The lowest BCUT2D eigenvalue weighted by Gasteiger charge is -2.23. The van der Waals surface area contributed by atoms with Crippen LogP contribution >= 0.6 is 0 Å². The number of halogens is 3. The van der Waals surface area contributed by atoms with Crippen LogP contribution in [0.25, 0.3) is 10.4 Å². The van der Waals surface area contributed by atoms with E-state index >= 15 is 0 Å². The van der Waals surface area contributed by atoms with E-state index in [1.54, 1.807) is 20.8 Å². The molecule has 1 aromatic rings.